The Kier molecular flexibility index (Phi) is 4.73. The minimum absolute atomic E-state index is 0.353. The third kappa shape index (κ3) is 4.01. The van der Waals surface area contributed by atoms with Gasteiger partial charge < -0.3 is 11.1 Å². The van der Waals surface area contributed by atoms with Gasteiger partial charge in [0.1, 0.15) is 11.6 Å². The molecule has 3 N–H and O–H groups in total. The molecule has 0 bridgehead atoms. The van der Waals surface area contributed by atoms with E-state index < -0.39 is 0 Å². The molecule has 0 unspecified atom stereocenters. The zero-order valence-corrected chi connectivity index (χ0v) is 15.9. The van der Waals surface area contributed by atoms with Crippen molar-refractivity contribution in [2.45, 2.75) is 70.3 Å². The molecule has 0 amide bonds. The molecule has 0 spiro atoms. The van der Waals surface area contributed by atoms with Crippen LogP contribution in [0.4, 0.5) is 5.82 Å². The lowest BCUT2D eigenvalue weighted by atomic mass is 9.78. The second kappa shape index (κ2) is 7.00. The van der Waals surface area contributed by atoms with Crippen molar-refractivity contribution in [3.63, 3.8) is 0 Å². The number of nitrogens with two attached hydrogens (primary N) is 1. The summed E-state index contributed by atoms with van der Waals surface area (Å²) in [6.07, 6.45) is 6.67. The van der Waals surface area contributed by atoms with Gasteiger partial charge in [-0.05, 0) is 46.0 Å². The number of nitrogens with one attached hydrogen (secondary N) is 1. The number of rotatable bonds is 7. The Labute approximate surface area is 153 Å². The van der Waals surface area contributed by atoms with Gasteiger partial charge in [0.15, 0.2) is 0 Å². The fourth-order valence-corrected chi connectivity index (χ4v) is 4.29. The summed E-state index contributed by atoms with van der Waals surface area (Å²) in [6.45, 7) is 5.15. The third-order valence-corrected chi connectivity index (χ3v) is 6.38. The van der Waals surface area contributed by atoms with Gasteiger partial charge >= 0.3 is 0 Å². The Morgan fingerprint density at radius 3 is 2.60 bits per heavy atom. The molecular weight excluding hydrogens is 330 g/mol. The van der Waals surface area contributed by atoms with Gasteiger partial charge in [0.05, 0.1) is 10.7 Å². The molecule has 0 radical (unpaired) electrons. The highest BCUT2D eigenvalue weighted by Crippen LogP contribution is 2.41. The highest BCUT2D eigenvalue weighted by Gasteiger charge is 2.32. The van der Waals surface area contributed by atoms with Crippen molar-refractivity contribution >= 4 is 17.2 Å². The van der Waals surface area contributed by atoms with E-state index in [9.17, 15) is 0 Å². The smallest absolute Gasteiger partial charge is 0.134 e. The summed E-state index contributed by atoms with van der Waals surface area (Å²) in [4.78, 5) is 15.5. The van der Waals surface area contributed by atoms with Crippen LogP contribution in [0, 0.1) is 13.8 Å². The van der Waals surface area contributed by atoms with Crippen LogP contribution in [0.3, 0.4) is 0 Å². The molecule has 0 aliphatic heterocycles. The highest BCUT2D eigenvalue weighted by atomic mass is 32.1. The van der Waals surface area contributed by atoms with Crippen molar-refractivity contribution in [1.82, 2.24) is 15.0 Å². The molecule has 2 aromatic rings. The SMILES string of the molecule is Cc1nc(CCCNc2cc(C3CC(N)C3)nc(C3CC3)n2)sc1C. The predicted octanol–water partition coefficient (Wildman–Crippen LogP) is 3.68. The lowest BCUT2D eigenvalue weighted by molar-refractivity contribution is 0.344. The zero-order valence-electron chi connectivity index (χ0n) is 15.1. The molecule has 5 nitrogen and oxygen atoms in total. The van der Waals surface area contributed by atoms with Crippen molar-refractivity contribution in [1.29, 1.82) is 0 Å². The van der Waals surface area contributed by atoms with Crippen molar-refractivity contribution < 1.29 is 0 Å². The van der Waals surface area contributed by atoms with E-state index in [4.69, 9.17) is 15.7 Å². The number of nitrogens with zero attached hydrogens (tertiary/aromatic N) is 3. The number of hydrogen-bond acceptors (Lipinski definition) is 6. The maximum absolute atomic E-state index is 5.96. The summed E-state index contributed by atoms with van der Waals surface area (Å²) >= 11 is 1.82. The highest BCUT2D eigenvalue weighted by molar-refractivity contribution is 7.11. The van der Waals surface area contributed by atoms with Crippen molar-refractivity contribution in [2.75, 3.05) is 11.9 Å². The van der Waals surface area contributed by atoms with Gasteiger partial charge in [0, 0.05) is 47.5 Å². The van der Waals surface area contributed by atoms with E-state index in [1.165, 1.54) is 34.1 Å². The molecule has 2 aliphatic carbocycles. The van der Waals surface area contributed by atoms with Gasteiger partial charge in [-0.15, -0.1) is 11.3 Å². The molecule has 2 saturated carbocycles. The average molecular weight is 358 g/mol. The summed E-state index contributed by atoms with van der Waals surface area (Å²) in [6, 6.07) is 2.49. The second-order valence-electron chi connectivity index (χ2n) is 7.52. The Morgan fingerprint density at radius 2 is 1.96 bits per heavy atom. The van der Waals surface area contributed by atoms with E-state index in [1.54, 1.807) is 0 Å². The van der Waals surface area contributed by atoms with Crippen molar-refractivity contribution in [2.24, 2.45) is 5.73 Å². The molecule has 2 heterocycles. The molecule has 6 heteroatoms. The van der Waals surface area contributed by atoms with E-state index in [0.717, 1.165) is 43.9 Å². The van der Waals surface area contributed by atoms with Gasteiger partial charge in [-0.3, -0.25) is 0 Å². The fraction of sp³-hybridized carbons (Fsp3) is 0.632. The quantitative estimate of drug-likeness (QED) is 0.739. The topological polar surface area (TPSA) is 76.7 Å². The summed E-state index contributed by atoms with van der Waals surface area (Å²) in [5.74, 6) is 3.12. The molecule has 2 aliphatic rings. The van der Waals surface area contributed by atoms with Crippen LogP contribution < -0.4 is 11.1 Å². The van der Waals surface area contributed by atoms with E-state index in [1.807, 2.05) is 11.3 Å². The molecule has 0 atom stereocenters. The van der Waals surface area contributed by atoms with Crippen LogP contribution in [0.2, 0.25) is 0 Å². The minimum atomic E-state index is 0.353. The summed E-state index contributed by atoms with van der Waals surface area (Å²) in [5, 5.41) is 4.75. The maximum Gasteiger partial charge on any atom is 0.134 e. The Balaban J connectivity index is 1.36. The zero-order chi connectivity index (χ0) is 17.4. The van der Waals surface area contributed by atoms with Crippen LogP contribution in [-0.2, 0) is 6.42 Å². The first-order valence-electron chi connectivity index (χ1n) is 9.39. The van der Waals surface area contributed by atoms with E-state index >= 15 is 0 Å². The monoisotopic (exact) mass is 357 g/mol. The standard InChI is InChI=1S/C19H27N5S/c1-11-12(2)25-18(22-11)4-3-7-21-17-10-16(14-8-15(20)9-14)23-19(24-17)13-5-6-13/h10,13-15H,3-9,20H2,1-2H3,(H,21,23,24). The first-order chi connectivity index (χ1) is 12.1. The Morgan fingerprint density at radius 1 is 1.16 bits per heavy atom. The number of aromatic nitrogens is 3. The molecular formula is C19H27N5S. The first kappa shape index (κ1) is 16.9. The number of thiazole rings is 1. The van der Waals surface area contributed by atoms with E-state index in [-0.39, 0.29) is 0 Å². The lowest BCUT2D eigenvalue weighted by Gasteiger charge is -2.32. The van der Waals surface area contributed by atoms with Crippen LogP contribution in [0.5, 0.6) is 0 Å². The molecule has 25 heavy (non-hydrogen) atoms. The van der Waals surface area contributed by atoms with Gasteiger partial charge in [-0.25, -0.2) is 15.0 Å². The Hall–Kier alpha value is -1.53. The molecule has 0 saturated heterocycles. The summed E-state index contributed by atoms with van der Waals surface area (Å²) < 4.78 is 0. The van der Waals surface area contributed by atoms with Crippen LogP contribution in [0.15, 0.2) is 6.07 Å². The third-order valence-electron chi connectivity index (χ3n) is 5.24. The van der Waals surface area contributed by atoms with Crippen molar-refractivity contribution in [3.8, 4) is 0 Å². The average Bonchev–Trinajstić information content (AvgIpc) is 3.35. The van der Waals surface area contributed by atoms with Crippen molar-refractivity contribution in [3.05, 3.63) is 33.2 Å². The number of hydrogen-bond donors (Lipinski definition) is 2. The van der Waals surface area contributed by atoms with E-state index in [2.05, 4.69) is 30.2 Å². The Bertz CT molecular complexity index is 727. The largest absolute Gasteiger partial charge is 0.370 e. The fourth-order valence-electron chi connectivity index (χ4n) is 3.31. The van der Waals surface area contributed by atoms with Gasteiger partial charge in [0.2, 0.25) is 0 Å². The summed E-state index contributed by atoms with van der Waals surface area (Å²) in [7, 11) is 0. The number of aryl methyl sites for hydroxylation is 3. The van der Waals surface area contributed by atoms with Crippen LogP contribution >= 0.6 is 11.3 Å². The molecule has 2 aromatic heterocycles. The second-order valence-corrected chi connectivity index (χ2v) is 8.81. The molecule has 2 fully saturated rings. The van der Waals surface area contributed by atoms with Crippen LogP contribution in [0.1, 0.15) is 71.0 Å². The number of anilines is 1. The first-order valence-corrected chi connectivity index (χ1v) is 10.2. The molecule has 0 aromatic carbocycles. The van der Waals surface area contributed by atoms with Crippen LogP contribution in [-0.4, -0.2) is 27.5 Å². The minimum Gasteiger partial charge on any atom is -0.370 e. The maximum atomic E-state index is 5.96. The van der Waals surface area contributed by atoms with E-state index in [0.29, 0.717) is 17.9 Å². The van der Waals surface area contributed by atoms with Gasteiger partial charge in [-0.1, -0.05) is 0 Å². The lowest BCUT2D eigenvalue weighted by Crippen LogP contribution is -2.35. The summed E-state index contributed by atoms with van der Waals surface area (Å²) in [5.41, 5.74) is 8.31. The van der Waals surface area contributed by atoms with Crippen LogP contribution in [0.25, 0.3) is 0 Å². The normalized spacial score (nSPS) is 22.7. The predicted molar refractivity (Wildman–Crippen MR) is 102 cm³/mol. The van der Waals surface area contributed by atoms with Gasteiger partial charge in [0.25, 0.3) is 0 Å². The van der Waals surface area contributed by atoms with Gasteiger partial charge in [-0.2, -0.15) is 0 Å². The molecule has 4 rings (SSSR count). The molecule has 134 valence electrons.